The van der Waals surface area contributed by atoms with E-state index in [1.165, 1.54) is 17.7 Å². The van der Waals surface area contributed by atoms with Crippen molar-refractivity contribution in [2.75, 3.05) is 0 Å². The van der Waals surface area contributed by atoms with Gasteiger partial charge in [0.2, 0.25) is 5.91 Å². The van der Waals surface area contributed by atoms with Crippen molar-refractivity contribution in [2.24, 2.45) is 0 Å². The van der Waals surface area contributed by atoms with Crippen LogP contribution in [0.2, 0.25) is 0 Å². The molecule has 0 aliphatic carbocycles. The van der Waals surface area contributed by atoms with Crippen LogP contribution in [0.5, 0.6) is 0 Å². The maximum atomic E-state index is 10.6. The first-order valence-corrected chi connectivity index (χ1v) is 5.66. The Balaban J connectivity index is 2.44. The van der Waals surface area contributed by atoms with Crippen molar-refractivity contribution >= 4 is 28.4 Å². The number of hydrogen-bond acceptors (Lipinski definition) is 5. The molecule has 13 heavy (non-hydrogen) atoms. The van der Waals surface area contributed by atoms with E-state index >= 15 is 0 Å². The van der Waals surface area contributed by atoms with Crippen molar-refractivity contribution in [1.82, 2.24) is 20.3 Å². The average molecular weight is 218 g/mol. The van der Waals surface area contributed by atoms with Crippen LogP contribution in [0.4, 0.5) is 0 Å². The lowest BCUT2D eigenvalue weighted by atomic mass is 10.4. The summed E-state index contributed by atoms with van der Waals surface area (Å²) in [6, 6.07) is 0. The van der Waals surface area contributed by atoms with Gasteiger partial charge in [0, 0.05) is 6.92 Å². The van der Waals surface area contributed by atoms with Crippen LogP contribution in [-0.4, -0.2) is 20.9 Å². The summed E-state index contributed by atoms with van der Waals surface area (Å²) in [7, 11) is 1.36. The zero-order chi connectivity index (χ0) is 9.68. The molecule has 1 aromatic rings. The van der Waals surface area contributed by atoms with Gasteiger partial charge in [0.1, 0.15) is 5.69 Å². The van der Waals surface area contributed by atoms with Crippen LogP contribution in [0.1, 0.15) is 12.6 Å². The Morgan fingerprint density at radius 1 is 1.85 bits per heavy atom. The third-order valence-corrected chi connectivity index (χ3v) is 2.02. The van der Waals surface area contributed by atoms with Crippen LogP contribution >= 0.6 is 22.5 Å². The van der Waals surface area contributed by atoms with Crippen molar-refractivity contribution in [3.8, 4) is 0 Å². The molecule has 1 rings (SSSR count). The summed E-state index contributed by atoms with van der Waals surface area (Å²) in [5, 5.41) is 10.3. The molecular formula is C6H10N4OS2. The molecule has 0 radical (unpaired) electrons. The van der Waals surface area contributed by atoms with Crippen LogP contribution < -0.4 is 5.32 Å². The second kappa shape index (κ2) is 5.13. The summed E-state index contributed by atoms with van der Waals surface area (Å²) in [5.74, 6) is 0.578. The zero-order valence-electron chi connectivity index (χ0n) is 7.10. The highest BCUT2D eigenvalue weighted by Gasteiger charge is 2.00. The molecule has 1 N–H and O–H groups in total. The molecule has 1 amide bonds. The fraction of sp³-hybridized carbons (Fsp3) is 0.500. The van der Waals surface area contributed by atoms with Crippen LogP contribution in [-0.2, 0) is 17.2 Å². The van der Waals surface area contributed by atoms with Crippen molar-refractivity contribution in [2.45, 2.75) is 19.3 Å². The summed E-state index contributed by atoms with van der Waals surface area (Å²) >= 11 is 3.98. The van der Waals surface area contributed by atoms with Gasteiger partial charge in [0.05, 0.1) is 18.6 Å². The molecule has 5 nitrogen and oxygen atoms in total. The zero-order valence-corrected chi connectivity index (χ0v) is 8.81. The second-order valence-electron chi connectivity index (χ2n) is 2.42. The molecule has 0 saturated heterocycles. The van der Waals surface area contributed by atoms with E-state index < -0.39 is 0 Å². The molecule has 7 heteroatoms. The van der Waals surface area contributed by atoms with Crippen molar-refractivity contribution in [3.63, 3.8) is 0 Å². The average Bonchev–Trinajstić information content (AvgIpc) is 2.50. The number of carbonyl (C=O) groups is 1. The van der Waals surface area contributed by atoms with Crippen LogP contribution in [0.25, 0.3) is 0 Å². The maximum Gasteiger partial charge on any atom is 0.217 e. The first-order valence-electron chi connectivity index (χ1n) is 3.62. The molecule has 0 unspecified atom stereocenters. The Morgan fingerprint density at radius 2 is 2.62 bits per heavy atom. The lowest BCUT2D eigenvalue weighted by Gasteiger charge is -1.95. The lowest BCUT2D eigenvalue weighted by Crippen LogP contribution is -2.19. The number of carbonyl (C=O) groups excluding carboxylic acids is 1. The van der Waals surface area contributed by atoms with E-state index in [1.54, 1.807) is 10.9 Å². The summed E-state index contributed by atoms with van der Waals surface area (Å²) in [6.45, 7) is 1.89. The largest absolute Gasteiger partial charge is 0.351 e. The van der Waals surface area contributed by atoms with Gasteiger partial charge in [-0.05, 0) is 0 Å². The van der Waals surface area contributed by atoms with Crippen molar-refractivity contribution in [3.05, 3.63) is 11.9 Å². The van der Waals surface area contributed by atoms with Crippen LogP contribution in [0.15, 0.2) is 6.20 Å². The molecular weight excluding hydrogens is 208 g/mol. The van der Waals surface area contributed by atoms with E-state index in [0.717, 1.165) is 5.69 Å². The number of hydrogen-bond donors (Lipinski definition) is 2. The summed E-state index contributed by atoms with van der Waals surface area (Å²) in [5.41, 5.74) is 0.748. The minimum atomic E-state index is -0.0712. The van der Waals surface area contributed by atoms with E-state index in [1.807, 2.05) is 0 Å². The second-order valence-corrected chi connectivity index (χ2v) is 3.71. The fourth-order valence-electron chi connectivity index (χ4n) is 0.757. The van der Waals surface area contributed by atoms with Gasteiger partial charge < -0.3 is 5.32 Å². The predicted octanol–water partition coefficient (Wildman–Crippen LogP) is 0.450. The predicted molar refractivity (Wildman–Crippen MR) is 54.1 cm³/mol. The fourth-order valence-corrected chi connectivity index (χ4v) is 1.36. The van der Waals surface area contributed by atoms with E-state index in [9.17, 15) is 4.79 Å². The molecule has 0 aliphatic rings. The highest BCUT2D eigenvalue weighted by molar-refractivity contribution is 8.68. The first kappa shape index (κ1) is 10.4. The van der Waals surface area contributed by atoms with Gasteiger partial charge in [-0.3, -0.25) is 4.79 Å². The molecule has 0 aliphatic heterocycles. The van der Waals surface area contributed by atoms with Gasteiger partial charge in [-0.1, -0.05) is 16.0 Å². The molecule has 0 saturated carbocycles. The smallest absolute Gasteiger partial charge is 0.217 e. The number of rotatable bonds is 4. The van der Waals surface area contributed by atoms with Crippen molar-refractivity contribution in [1.29, 1.82) is 0 Å². The summed E-state index contributed by atoms with van der Waals surface area (Å²) in [6.07, 6.45) is 1.78. The number of amides is 1. The van der Waals surface area contributed by atoms with Gasteiger partial charge >= 0.3 is 0 Å². The van der Waals surface area contributed by atoms with Crippen LogP contribution in [0.3, 0.4) is 0 Å². The first-order chi connectivity index (χ1) is 6.22. The monoisotopic (exact) mass is 218 g/mol. The molecule has 0 fully saturated rings. The van der Waals surface area contributed by atoms with Gasteiger partial charge in [-0.25, -0.2) is 4.68 Å². The van der Waals surface area contributed by atoms with Gasteiger partial charge in [0.15, 0.2) is 0 Å². The quantitative estimate of drug-likeness (QED) is 0.569. The summed E-state index contributed by atoms with van der Waals surface area (Å²) in [4.78, 5) is 10.6. The molecule has 0 spiro atoms. The lowest BCUT2D eigenvalue weighted by molar-refractivity contribution is -0.119. The maximum absolute atomic E-state index is 10.6. The molecule has 1 heterocycles. The number of nitrogens with zero attached hydrogens (tertiary/aromatic N) is 3. The van der Waals surface area contributed by atoms with Gasteiger partial charge in [0.25, 0.3) is 0 Å². The minimum absolute atomic E-state index is 0.0712. The Bertz CT molecular complexity index is 288. The standard InChI is InChI=1S/C6H10N4OS2/c1-5(11)7-2-6-3-10(4-13-12)9-8-6/h3,12H,2,4H2,1H3,(H,7,11). The number of aromatic nitrogens is 3. The van der Waals surface area contributed by atoms with E-state index in [0.29, 0.717) is 12.4 Å². The molecule has 72 valence electrons. The normalized spacial score (nSPS) is 10.0. The third kappa shape index (κ3) is 3.69. The third-order valence-electron chi connectivity index (χ3n) is 1.29. The van der Waals surface area contributed by atoms with Gasteiger partial charge in [-0.2, -0.15) is 0 Å². The molecule has 1 aromatic heterocycles. The van der Waals surface area contributed by atoms with Crippen molar-refractivity contribution < 1.29 is 4.79 Å². The highest BCUT2D eigenvalue weighted by atomic mass is 33.1. The SMILES string of the molecule is CC(=O)NCc1cn(CSS)nn1. The summed E-state index contributed by atoms with van der Waals surface area (Å²) < 4.78 is 1.66. The van der Waals surface area contributed by atoms with E-state index in [4.69, 9.17) is 0 Å². The Hall–Kier alpha value is -0.690. The number of nitrogens with one attached hydrogen (secondary N) is 1. The number of thiol groups is 1. The molecule has 0 aromatic carbocycles. The highest BCUT2D eigenvalue weighted by Crippen LogP contribution is 2.07. The Labute approximate surface area is 85.1 Å². The van der Waals surface area contributed by atoms with E-state index in [2.05, 4.69) is 27.3 Å². The minimum Gasteiger partial charge on any atom is -0.351 e. The topological polar surface area (TPSA) is 59.8 Å². The Kier molecular flexibility index (Phi) is 4.10. The van der Waals surface area contributed by atoms with Gasteiger partial charge in [-0.15, -0.1) is 16.8 Å². The van der Waals surface area contributed by atoms with E-state index in [-0.39, 0.29) is 5.91 Å². The van der Waals surface area contributed by atoms with Crippen LogP contribution in [0, 0.1) is 0 Å². The molecule has 0 atom stereocenters. The Morgan fingerprint density at radius 3 is 3.23 bits per heavy atom. The molecule has 0 bridgehead atoms.